The van der Waals surface area contributed by atoms with E-state index in [2.05, 4.69) is 148 Å². The molecule has 2 nitrogen and oxygen atoms in total. The molecule has 6 rings (SSSR count). The lowest BCUT2D eigenvalue weighted by Crippen LogP contribution is -2.30. The quantitative estimate of drug-likeness (QED) is 0.0405. The molecular weight excluding hydrogens is 791 g/mol. The number of aliphatic imine (C=N–C) groups is 1. The minimum absolute atomic E-state index is 0. The lowest BCUT2D eigenvalue weighted by atomic mass is 9.77. The summed E-state index contributed by atoms with van der Waals surface area (Å²) in [5, 5.41) is 18.6. The van der Waals surface area contributed by atoms with Crippen molar-refractivity contribution in [2.45, 2.75) is 162 Å². The van der Waals surface area contributed by atoms with E-state index in [1.807, 2.05) is 0 Å². The lowest BCUT2D eigenvalue weighted by Gasteiger charge is -2.32. The molecule has 0 atom stereocenters. The van der Waals surface area contributed by atoms with E-state index < -0.39 is 5.60 Å². The van der Waals surface area contributed by atoms with Crippen LogP contribution in [0.15, 0.2) is 125 Å². The summed E-state index contributed by atoms with van der Waals surface area (Å²) in [5.41, 5.74) is 11.1. The average molecular weight is 1130 g/mol. The molecule has 0 spiro atoms. The van der Waals surface area contributed by atoms with Crippen LogP contribution >= 0.6 is 22.7 Å². The second kappa shape index (κ2) is 25.3. The first-order valence-corrected chi connectivity index (χ1v) is 26.1. The Hall–Kier alpha value is -4.09. The van der Waals surface area contributed by atoms with Crippen LogP contribution in [0, 0.1) is 0 Å². The minimum atomic E-state index is -1.36. The molecule has 0 bridgehead atoms. The number of nitrogens with zero attached hydrogens (tertiary/aromatic N) is 1. The second-order valence-corrected chi connectivity index (χ2v) is 19.4. The SMILES string of the molecule is CCCCCCc1cc(CCCCCC)cc(C(O)(c2cc(CCCCCC)cc(CCCCCC)c2)c2ccsc2-c2sccc2N=C(c2ccccc2)c2ccccc2)c1.[HH].[HH].[HH].[HH].[HH].[HH].[HH].[HH].[HH].[HH].[HH].[HH].[HH].[HH].[HH].[HH].[HH].[HH].[HH].[HH].[HH].[HH].[HH].[HH].[HH].[HH].[HH].[HH].[HH].[HH].[HH].[HH].[HH].[HH].[HH].[HH].[HH].[HH].[HH].[HH].[HH].[HH].[HH].[HH].[HH].[HH].[HH].[HH].[HH].[HH].[HH].[HH].[HH].[HH].[HH].[HH].[HH].[HH].[HH].[HH].[HH].[HH].[HH].[HH].[HH].[HH].[HH].[HH].[HH].[HH].[HH].[HH].[HH].[HH].[HH].[HH].[HH].[HH].[HH].[HH].[HH].[HH].[HH].[HH].[HH].[HH].[HH].[HH].[HH].[HH].[HH].[HH].[HH].[HH].[HH].[HH].[HH].[HH].[HH].[HH].[HH].[HH].[HH].[HH].[HH].[HH].[HH].[HH].[HH].[HH].[HH].[HH].[HH].[HH].[HH].[HH].[HH].[HH].[HH].[HH].[HH].[HH].[HH].[HH].[HH].[HH].[HH].[HH].[HH].[HH].[HH].[HH]. The highest BCUT2D eigenvalue weighted by Gasteiger charge is 2.38. The molecule has 0 aliphatic carbocycles. The Morgan fingerprint density at radius 1 is 0.468 bits per heavy atom. The molecule has 592 valence electrons. The van der Waals surface area contributed by atoms with Gasteiger partial charge in [0, 0.05) is 205 Å². The fourth-order valence-corrected chi connectivity index (χ4v) is 10.9. The van der Waals surface area contributed by atoms with E-state index in [1.54, 1.807) is 22.7 Å². The molecule has 0 amide bonds. The van der Waals surface area contributed by atoms with Gasteiger partial charge in [-0.05, 0) is 108 Å². The van der Waals surface area contributed by atoms with E-state index in [9.17, 15) is 5.11 Å². The Morgan fingerprint density at radius 2 is 0.855 bits per heavy atom. The molecule has 62 heavy (non-hydrogen) atoms. The van der Waals surface area contributed by atoms with E-state index in [1.165, 1.54) is 125 Å². The Kier molecular flexibility index (Phi) is 19.3. The van der Waals surface area contributed by atoms with Crippen molar-refractivity contribution >= 4 is 34.1 Å². The number of unbranched alkanes of at least 4 members (excludes halogenated alkanes) is 12. The Bertz CT molecular complexity index is 2230. The maximum Gasteiger partial charge on any atom is 0.142 e. The Labute approximate surface area is 579 Å². The number of hydrogen-bond donors (Lipinski definition) is 1. The van der Waals surface area contributed by atoms with Gasteiger partial charge >= 0.3 is 0 Å². The molecule has 2 heterocycles. The first-order valence-electron chi connectivity index (χ1n) is 24.3. The third-order valence-electron chi connectivity index (χ3n) is 12.4. The summed E-state index contributed by atoms with van der Waals surface area (Å²) in [4.78, 5) is 7.68. The van der Waals surface area contributed by atoms with Crippen molar-refractivity contribution in [3.63, 3.8) is 0 Å². The zero-order chi connectivity index (χ0) is 43.4. The van der Waals surface area contributed by atoms with Crippen molar-refractivity contribution in [1.82, 2.24) is 0 Å². The summed E-state index contributed by atoms with van der Waals surface area (Å²) >= 11 is 3.46. The Balaban J connectivity index is -0.00000000272. The topological polar surface area (TPSA) is 32.6 Å². The van der Waals surface area contributed by atoms with E-state index in [-0.39, 0.29) is 188 Å². The van der Waals surface area contributed by atoms with Crippen LogP contribution in [-0.4, -0.2) is 10.8 Å². The molecule has 0 unspecified atom stereocenters. The van der Waals surface area contributed by atoms with E-state index in [0.717, 1.165) is 74.7 Å². The zero-order valence-corrected chi connectivity index (χ0v) is 40.0. The number of benzene rings is 4. The van der Waals surface area contributed by atoms with Crippen molar-refractivity contribution < 1.29 is 193 Å². The van der Waals surface area contributed by atoms with Gasteiger partial charge in [-0.1, -0.05) is 202 Å². The molecule has 4 aromatic carbocycles. The molecule has 6 aromatic rings. The summed E-state index contributed by atoms with van der Waals surface area (Å²) in [6.45, 7) is 9.16. The number of thiophene rings is 2. The van der Waals surface area contributed by atoms with Crippen LogP contribution in [0.2, 0.25) is 0 Å². The van der Waals surface area contributed by atoms with Crippen molar-refractivity contribution in [2.24, 2.45) is 4.99 Å². The maximum atomic E-state index is 14.2. The van der Waals surface area contributed by atoms with Crippen LogP contribution in [0.25, 0.3) is 9.75 Å². The summed E-state index contributed by atoms with van der Waals surface area (Å²) in [7, 11) is 0. The van der Waals surface area contributed by atoms with E-state index >= 15 is 0 Å². The van der Waals surface area contributed by atoms with E-state index in [4.69, 9.17) is 4.99 Å². The largest absolute Gasteiger partial charge is 0.376 e. The third kappa shape index (κ3) is 13.0. The van der Waals surface area contributed by atoms with Crippen molar-refractivity contribution in [3.8, 4) is 9.75 Å². The van der Waals surface area contributed by atoms with Gasteiger partial charge in [0.15, 0.2) is 0 Å². The molecule has 0 aliphatic heterocycles. The first-order chi connectivity index (χ1) is 30.5. The zero-order valence-electron chi connectivity index (χ0n) is 38.4. The smallest absolute Gasteiger partial charge is 0.142 e. The molecule has 0 aliphatic rings. The number of aliphatic hydroxyl groups is 1. The fourth-order valence-electron chi connectivity index (χ4n) is 8.96. The highest BCUT2D eigenvalue weighted by atomic mass is 32.1. The fraction of sp³-hybridized carbons (Fsp3) is 0.431. The van der Waals surface area contributed by atoms with Gasteiger partial charge in [-0.15, -0.1) is 22.7 Å². The number of aryl methyl sites for hydroxylation is 4. The summed E-state index contributed by atoms with van der Waals surface area (Å²) in [6.07, 6.45) is 23.8. The van der Waals surface area contributed by atoms with Crippen LogP contribution in [-0.2, 0) is 31.3 Å². The molecule has 0 saturated heterocycles. The van der Waals surface area contributed by atoms with Gasteiger partial charge in [-0.2, -0.15) is 0 Å². The van der Waals surface area contributed by atoms with Crippen LogP contribution in [0.5, 0.6) is 0 Å². The Morgan fingerprint density at radius 3 is 1.26 bits per heavy atom. The van der Waals surface area contributed by atoms with Gasteiger partial charge in [-0.3, -0.25) is 0 Å². The molecule has 0 radical (unpaired) electrons. The summed E-state index contributed by atoms with van der Waals surface area (Å²) < 4.78 is 0. The average Bonchev–Trinajstić information content (AvgIpc) is 3.99. The molecule has 1 N–H and O–H groups in total. The predicted molar refractivity (Wildman–Crippen MR) is 551 cm³/mol. The van der Waals surface area contributed by atoms with Crippen molar-refractivity contribution in [3.05, 3.63) is 170 Å². The van der Waals surface area contributed by atoms with Gasteiger partial charge < -0.3 is 5.11 Å². The summed E-state index contributed by atoms with van der Waals surface area (Å²) in [5.74, 6) is 0. The summed E-state index contributed by atoms with van der Waals surface area (Å²) in [6, 6.07) is 39.9. The van der Waals surface area contributed by atoms with Crippen LogP contribution < -0.4 is 0 Å². The van der Waals surface area contributed by atoms with Gasteiger partial charge in [0.25, 0.3) is 0 Å². The van der Waals surface area contributed by atoms with Crippen LogP contribution in [0.1, 0.15) is 369 Å². The van der Waals surface area contributed by atoms with Gasteiger partial charge in [-0.25, -0.2) is 4.99 Å². The molecule has 4 heteroatoms. The van der Waals surface area contributed by atoms with Gasteiger partial charge in [0.1, 0.15) is 5.60 Å². The van der Waals surface area contributed by atoms with Crippen LogP contribution in [0.3, 0.4) is 0 Å². The highest BCUT2D eigenvalue weighted by molar-refractivity contribution is 7.21. The normalized spacial score (nSPS) is 11.6. The van der Waals surface area contributed by atoms with E-state index in [0.29, 0.717) is 0 Å². The molecule has 0 fully saturated rings. The van der Waals surface area contributed by atoms with Gasteiger partial charge in [0.05, 0.1) is 21.2 Å². The minimum Gasteiger partial charge on any atom is -0.376 e. The van der Waals surface area contributed by atoms with Crippen molar-refractivity contribution in [2.75, 3.05) is 0 Å². The molecule has 0 saturated carbocycles. The lowest BCUT2D eigenvalue weighted by molar-refractivity contribution is 0.126. The van der Waals surface area contributed by atoms with Gasteiger partial charge in [0.2, 0.25) is 0 Å². The van der Waals surface area contributed by atoms with Crippen LogP contribution in [0.4, 0.5) is 5.69 Å². The molecule has 2 aromatic heterocycles. The number of hydrogen-bond acceptors (Lipinski definition) is 4. The standard InChI is InChI=1S/C58H73NOS2.132H2/c1-5-9-13-19-27-45-39-46(28-20-14-10-6-2)42-51(41-45)58(60,52-43-47(29-21-15-11-7-3)40-48(44-52)30-22-16-12-8-4)53-35-37-61-56(53)57-54(36-38-62-57)59-55(49-31-23-17-24-32-49)50-33-25-18-26-34-50;;;;;;;;;;;;;;;;;;;;;;;;;;;;;;;;;;;;;;;;;;;;;;;;;;;;;;;;;;;;;;;;;;;;;;;;;;;;;;;;;;;;;;;;;;;;;;;;;;;;;;;;;;;;;;;;;;;;;;;;;;;;;;;;;;;;/h17-18,23-26,31-44,60H,5-16,19-22,27-30H2,1-4H3;132*1H. The highest BCUT2D eigenvalue weighted by Crippen LogP contribution is 2.49. The maximum absolute atomic E-state index is 14.2. The first kappa shape index (κ1) is 47.4. The number of rotatable bonds is 27. The van der Waals surface area contributed by atoms with Crippen molar-refractivity contribution in [1.29, 1.82) is 0 Å². The third-order valence-corrected chi connectivity index (χ3v) is 14.4. The predicted octanol–water partition coefficient (Wildman–Crippen LogP) is 49.9. The molecular formula is C58H337NOS2. The second-order valence-electron chi connectivity index (χ2n) is 17.5. The monoisotopic (exact) mass is 1130 g/mol.